The Morgan fingerprint density at radius 3 is 1.27 bits per heavy atom. The number of thiol groups is 1. The van der Waals surface area contributed by atoms with Gasteiger partial charge in [-0.25, -0.2) is 13.2 Å². The predicted molar refractivity (Wildman–Crippen MR) is 46.1 cm³/mol. The maximum absolute atomic E-state index is 12.3. The van der Waals surface area contributed by atoms with Crippen LogP contribution in [0.15, 0.2) is 17.0 Å². The van der Waals surface area contributed by atoms with E-state index < -0.39 is 22.3 Å². The zero-order valence-electron chi connectivity index (χ0n) is 6.78. The molecule has 0 fully saturated rings. The molecule has 0 nitrogen and oxygen atoms in total. The van der Waals surface area contributed by atoms with Gasteiger partial charge in [0.15, 0.2) is 0 Å². The van der Waals surface area contributed by atoms with E-state index in [9.17, 15) is 13.2 Å². The van der Waals surface area contributed by atoms with Crippen molar-refractivity contribution in [2.75, 3.05) is 0 Å². The molecule has 0 aliphatic heterocycles. The number of halogens is 8. The summed E-state index contributed by atoms with van der Waals surface area (Å²) in [6, 6.07) is 1.15. The van der Waals surface area contributed by atoms with Crippen LogP contribution in [-0.4, -0.2) is 0 Å². The molecule has 0 unspecified atom stereocenters. The van der Waals surface area contributed by atoms with Crippen molar-refractivity contribution in [2.45, 2.75) is 4.90 Å². The van der Waals surface area contributed by atoms with Crippen LogP contribution in [0.4, 0.5) is 36.7 Å². The second-order valence-electron chi connectivity index (χ2n) is 1.72. The second kappa shape index (κ2) is 11.1. The Kier molecular flexibility index (Phi) is 21.6. The molecule has 0 saturated carbocycles. The molecule has 0 atom stereocenters. The van der Waals surface area contributed by atoms with Gasteiger partial charge in [0, 0.05) is 12.1 Å². The third kappa shape index (κ3) is 7.00. The van der Waals surface area contributed by atoms with E-state index in [1.165, 1.54) is 0 Å². The molecular formula is C6H8F8S. The van der Waals surface area contributed by atoms with E-state index in [2.05, 4.69) is 12.6 Å². The van der Waals surface area contributed by atoms with Crippen LogP contribution < -0.4 is 0 Å². The Bertz CT molecular complexity index is 242. The Hall–Kier alpha value is -0.990. The Morgan fingerprint density at radius 2 is 1.00 bits per heavy atom. The van der Waals surface area contributed by atoms with Crippen molar-refractivity contribution < 1.29 is 36.7 Å². The van der Waals surface area contributed by atoms with Crippen molar-refractivity contribution in [3.05, 3.63) is 29.6 Å². The average Bonchev–Trinajstić information content (AvgIpc) is 1.82. The number of hydrogen-bond acceptors (Lipinski definition) is 1. The monoisotopic (exact) mass is 264 g/mol. The molecule has 1 rings (SSSR count). The van der Waals surface area contributed by atoms with Crippen molar-refractivity contribution in [3.63, 3.8) is 0 Å². The first-order chi connectivity index (χ1) is 4.61. The quantitative estimate of drug-likeness (QED) is 0.540. The van der Waals surface area contributed by atoms with Crippen LogP contribution in [0, 0.1) is 17.5 Å². The molecule has 15 heavy (non-hydrogen) atoms. The summed E-state index contributed by atoms with van der Waals surface area (Å²) >= 11 is 3.44. The average molecular weight is 264 g/mol. The molecule has 0 spiro atoms. The summed E-state index contributed by atoms with van der Waals surface area (Å²) in [6.45, 7) is 0. The first kappa shape index (κ1) is 29.2. The van der Waals surface area contributed by atoms with Crippen molar-refractivity contribution in [1.29, 1.82) is 0 Å². The van der Waals surface area contributed by atoms with E-state index in [0.29, 0.717) is 12.1 Å². The molecule has 0 heterocycles. The lowest BCUT2D eigenvalue weighted by molar-refractivity contribution is 0.511. The highest BCUT2D eigenvalue weighted by Gasteiger charge is 2.06. The molecule has 0 radical (unpaired) electrons. The zero-order valence-corrected chi connectivity index (χ0v) is 7.67. The van der Waals surface area contributed by atoms with Crippen LogP contribution in [0.1, 0.15) is 0 Å². The zero-order chi connectivity index (χ0) is 7.72. The van der Waals surface area contributed by atoms with E-state index in [0.717, 1.165) is 0 Å². The lowest BCUT2D eigenvalue weighted by atomic mass is 10.3. The van der Waals surface area contributed by atoms with Crippen LogP contribution in [0.3, 0.4) is 0 Å². The molecule has 0 saturated heterocycles. The van der Waals surface area contributed by atoms with E-state index in [-0.39, 0.29) is 23.5 Å². The fraction of sp³-hybridized carbons (Fsp3) is 0. The number of benzene rings is 1. The minimum Gasteiger partial charge on any atom is -0.269 e. The van der Waals surface area contributed by atoms with Gasteiger partial charge in [-0.1, -0.05) is 0 Å². The van der Waals surface area contributed by atoms with Gasteiger partial charge in [0.25, 0.3) is 0 Å². The summed E-state index contributed by atoms with van der Waals surface area (Å²) in [4.78, 5) is -0.457. The van der Waals surface area contributed by atoms with Gasteiger partial charge in [0.05, 0.1) is 4.90 Å². The van der Waals surface area contributed by atoms with E-state index in [1.54, 1.807) is 0 Å². The summed E-state index contributed by atoms with van der Waals surface area (Å²) in [6.07, 6.45) is 0. The molecule has 0 aliphatic rings. The van der Waals surface area contributed by atoms with Crippen molar-refractivity contribution >= 4 is 12.6 Å². The minimum absolute atomic E-state index is 0. The first-order valence-electron chi connectivity index (χ1n) is 2.45. The van der Waals surface area contributed by atoms with Crippen LogP contribution >= 0.6 is 12.6 Å². The van der Waals surface area contributed by atoms with Gasteiger partial charge in [0.2, 0.25) is 0 Å². The predicted octanol–water partition coefficient (Wildman–Crippen LogP) is 3.16. The van der Waals surface area contributed by atoms with Gasteiger partial charge in [-0.15, -0.1) is 12.6 Å². The Balaban J connectivity index is -0.0000000667. The third-order valence-electron chi connectivity index (χ3n) is 0.982. The lowest BCUT2D eigenvalue weighted by Crippen LogP contribution is -1.86. The van der Waals surface area contributed by atoms with E-state index in [1.807, 2.05) is 0 Å². The van der Waals surface area contributed by atoms with Gasteiger partial charge in [-0.3, -0.25) is 23.5 Å². The highest BCUT2D eigenvalue weighted by Crippen LogP contribution is 2.17. The summed E-state index contributed by atoms with van der Waals surface area (Å²) in [5.41, 5.74) is 0. The molecule has 1 aromatic carbocycles. The van der Waals surface area contributed by atoms with Crippen LogP contribution in [0.25, 0.3) is 0 Å². The van der Waals surface area contributed by atoms with Gasteiger partial charge >= 0.3 is 0 Å². The van der Waals surface area contributed by atoms with E-state index in [4.69, 9.17) is 0 Å². The molecule has 0 amide bonds. The second-order valence-corrected chi connectivity index (χ2v) is 2.17. The van der Waals surface area contributed by atoms with Crippen molar-refractivity contribution in [2.24, 2.45) is 0 Å². The van der Waals surface area contributed by atoms with Gasteiger partial charge in [0.1, 0.15) is 17.5 Å². The lowest BCUT2D eigenvalue weighted by Gasteiger charge is -1.95. The fourth-order valence-corrected chi connectivity index (χ4v) is 0.664. The third-order valence-corrected chi connectivity index (χ3v) is 1.41. The fourth-order valence-electron chi connectivity index (χ4n) is 0.535. The maximum atomic E-state index is 12.3. The van der Waals surface area contributed by atoms with Gasteiger partial charge in [-0.05, 0) is 0 Å². The summed E-state index contributed by atoms with van der Waals surface area (Å²) < 4.78 is 36.7. The molecule has 1 aromatic rings. The SMILES string of the molecule is F.F.F.F.F.Fc1cc(F)c(S)c(F)c1. The summed E-state index contributed by atoms with van der Waals surface area (Å²) in [5, 5.41) is 0. The summed E-state index contributed by atoms with van der Waals surface area (Å²) in [5.74, 6) is -2.91. The van der Waals surface area contributed by atoms with E-state index >= 15 is 0 Å². The Labute approximate surface area is 84.7 Å². The molecular weight excluding hydrogens is 256 g/mol. The first-order valence-corrected chi connectivity index (χ1v) is 2.89. The standard InChI is InChI=1S/C6H3F3S.5FH/c7-3-1-4(8)6(10)5(9)2-3;;;;;/h1-2,10H;5*1H. The summed E-state index contributed by atoms with van der Waals surface area (Å²) in [7, 11) is 0. The number of rotatable bonds is 0. The maximum Gasteiger partial charge on any atom is 0.142 e. The normalized spacial score (nSPS) is 6.67. The topological polar surface area (TPSA) is 0 Å². The molecule has 0 aliphatic carbocycles. The van der Waals surface area contributed by atoms with Gasteiger partial charge < -0.3 is 0 Å². The Morgan fingerprint density at radius 1 is 0.733 bits per heavy atom. The van der Waals surface area contributed by atoms with Gasteiger partial charge in [-0.2, -0.15) is 0 Å². The molecule has 0 aromatic heterocycles. The number of hydrogen-bond donors (Lipinski definition) is 1. The highest BCUT2D eigenvalue weighted by molar-refractivity contribution is 7.80. The molecule has 9 heteroatoms. The largest absolute Gasteiger partial charge is 0.269 e. The van der Waals surface area contributed by atoms with Crippen LogP contribution in [-0.2, 0) is 0 Å². The smallest absolute Gasteiger partial charge is 0.142 e. The van der Waals surface area contributed by atoms with Crippen LogP contribution in [0.2, 0.25) is 0 Å². The van der Waals surface area contributed by atoms with Crippen molar-refractivity contribution in [3.8, 4) is 0 Å². The molecule has 0 N–H and O–H groups in total. The highest BCUT2D eigenvalue weighted by atomic mass is 32.1. The molecule has 0 bridgehead atoms. The minimum atomic E-state index is -0.985. The van der Waals surface area contributed by atoms with Crippen LogP contribution in [0.5, 0.6) is 0 Å². The van der Waals surface area contributed by atoms with Crippen molar-refractivity contribution in [1.82, 2.24) is 0 Å². The molecule has 94 valence electrons.